The molecule has 1 aliphatic carbocycles. The van der Waals surface area contributed by atoms with Crippen LogP contribution in [0.15, 0.2) is 24.3 Å². The van der Waals surface area contributed by atoms with E-state index < -0.39 is 11.5 Å². The van der Waals surface area contributed by atoms with Gasteiger partial charge >= 0.3 is 0 Å². The van der Waals surface area contributed by atoms with Crippen molar-refractivity contribution in [3.05, 3.63) is 35.4 Å². The zero-order chi connectivity index (χ0) is 19.8. The van der Waals surface area contributed by atoms with Crippen LogP contribution in [0.4, 0.5) is 0 Å². The first-order valence-corrected chi connectivity index (χ1v) is 9.59. The first-order valence-electron chi connectivity index (χ1n) is 9.59. The zero-order valence-corrected chi connectivity index (χ0v) is 16.1. The van der Waals surface area contributed by atoms with Gasteiger partial charge in [-0.05, 0) is 43.2 Å². The van der Waals surface area contributed by atoms with Crippen LogP contribution >= 0.6 is 0 Å². The van der Waals surface area contributed by atoms with Gasteiger partial charge in [0, 0.05) is 25.9 Å². The minimum absolute atomic E-state index is 0.00281. The van der Waals surface area contributed by atoms with Gasteiger partial charge < -0.3 is 19.3 Å². The molecule has 1 fully saturated rings. The molecule has 2 amide bonds. The Kier molecular flexibility index (Phi) is 3.45. The van der Waals surface area contributed by atoms with E-state index >= 15 is 0 Å². The van der Waals surface area contributed by atoms with Crippen LogP contribution in [0.5, 0.6) is 11.5 Å². The highest BCUT2D eigenvalue weighted by Crippen LogP contribution is 2.54. The first-order chi connectivity index (χ1) is 13.3. The van der Waals surface area contributed by atoms with E-state index in [2.05, 4.69) is 0 Å². The molecule has 0 bridgehead atoms. The standard InChI is InChI=1S/C21H22N2O5/c1-11(2)23-18-7-14(25)4-5-21(18)15-8-17-16(27-10-28-17)6-13(15)9-22(12(3)24)19(21)20(23)26/h4-6,8,11,18-19H,7,9-10H2,1-3H3/t18-,19+,21-/m0/s1. The van der Waals surface area contributed by atoms with Crippen LogP contribution in [0.25, 0.3) is 0 Å². The van der Waals surface area contributed by atoms with E-state index in [1.807, 2.05) is 32.1 Å². The zero-order valence-electron chi connectivity index (χ0n) is 16.1. The Morgan fingerprint density at radius 2 is 1.93 bits per heavy atom. The number of hydrogen-bond donors (Lipinski definition) is 0. The summed E-state index contributed by atoms with van der Waals surface area (Å²) in [5.74, 6) is 1.03. The Bertz CT molecular complexity index is 952. The SMILES string of the molecule is CC(=O)N1Cc2cc3c(cc2[C@@]24C=CC(=O)C[C@@H]2N(C(C)C)C(=O)[C@@H]14)OCO3. The Hall–Kier alpha value is -2.83. The Morgan fingerprint density at radius 1 is 1.21 bits per heavy atom. The molecular formula is C21H22N2O5. The molecule has 3 atom stereocenters. The van der Waals surface area contributed by atoms with Crippen LogP contribution in [-0.4, -0.2) is 52.3 Å². The third kappa shape index (κ3) is 2.02. The number of allylic oxidation sites excluding steroid dienone is 1. The maximum Gasteiger partial charge on any atom is 0.247 e. The Balaban J connectivity index is 1.81. The topological polar surface area (TPSA) is 76.2 Å². The van der Waals surface area contributed by atoms with Crippen molar-refractivity contribution >= 4 is 17.6 Å². The van der Waals surface area contributed by atoms with Crippen LogP contribution in [0.3, 0.4) is 0 Å². The fourth-order valence-electron chi connectivity index (χ4n) is 5.38. The third-order valence-electron chi connectivity index (χ3n) is 6.45. The lowest BCUT2D eigenvalue weighted by molar-refractivity contribution is -0.143. The van der Waals surface area contributed by atoms with Crippen molar-refractivity contribution in [1.82, 2.24) is 9.80 Å². The van der Waals surface area contributed by atoms with Gasteiger partial charge in [-0.2, -0.15) is 0 Å². The van der Waals surface area contributed by atoms with Crippen LogP contribution in [0.1, 0.15) is 38.3 Å². The van der Waals surface area contributed by atoms with Gasteiger partial charge in [-0.3, -0.25) is 14.4 Å². The predicted octanol–water partition coefficient (Wildman–Crippen LogP) is 1.53. The number of benzene rings is 1. The lowest BCUT2D eigenvalue weighted by atomic mass is 9.63. The van der Waals surface area contributed by atoms with Gasteiger partial charge in [-0.1, -0.05) is 6.08 Å². The summed E-state index contributed by atoms with van der Waals surface area (Å²) in [5.41, 5.74) is 1.11. The number of likely N-dealkylation sites (tertiary alicyclic amines) is 1. The van der Waals surface area contributed by atoms with Crippen molar-refractivity contribution in [2.75, 3.05) is 6.79 Å². The van der Waals surface area contributed by atoms with Crippen molar-refractivity contribution < 1.29 is 23.9 Å². The maximum absolute atomic E-state index is 13.5. The minimum Gasteiger partial charge on any atom is -0.454 e. The summed E-state index contributed by atoms with van der Waals surface area (Å²) < 4.78 is 11.1. The molecule has 3 aliphatic heterocycles. The molecule has 0 saturated carbocycles. The monoisotopic (exact) mass is 382 g/mol. The summed E-state index contributed by atoms with van der Waals surface area (Å²) in [7, 11) is 0. The lowest BCUT2D eigenvalue weighted by Crippen LogP contribution is -2.58. The summed E-state index contributed by atoms with van der Waals surface area (Å²) in [6.07, 6.45) is 3.67. The van der Waals surface area contributed by atoms with Crippen molar-refractivity contribution in [2.45, 2.75) is 57.3 Å². The largest absolute Gasteiger partial charge is 0.454 e. The Labute approximate surface area is 162 Å². The summed E-state index contributed by atoms with van der Waals surface area (Å²) in [5, 5.41) is 0. The smallest absolute Gasteiger partial charge is 0.247 e. The molecule has 0 aromatic heterocycles. The van der Waals surface area contributed by atoms with Gasteiger partial charge in [0.15, 0.2) is 17.3 Å². The molecule has 1 spiro atoms. The first kappa shape index (κ1) is 17.3. The Morgan fingerprint density at radius 3 is 2.61 bits per heavy atom. The quantitative estimate of drug-likeness (QED) is 0.736. The molecule has 5 rings (SSSR count). The minimum atomic E-state index is -0.768. The molecule has 1 aromatic rings. The number of amides is 2. The maximum atomic E-state index is 13.5. The second-order valence-corrected chi connectivity index (χ2v) is 8.20. The molecule has 146 valence electrons. The highest BCUT2D eigenvalue weighted by Gasteiger charge is 2.65. The molecule has 7 heteroatoms. The average Bonchev–Trinajstić information content (AvgIpc) is 3.19. The van der Waals surface area contributed by atoms with Crippen LogP contribution in [-0.2, 0) is 26.3 Å². The van der Waals surface area contributed by atoms with Crippen LogP contribution in [0, 0.1) is 0 Å². The summed E-state index contributed by atoms with van der Waals surface area (Å²) in [6.45, 7) is 5.87. The van der Waals surface area contributed by atoms with Gasteiger partial charge in [0.05, 0.1) is 11.5 Å². The number of fused-ring (bicyclic) bond motifs is 2. The number of carbonyl (C=O) groups excluding carboxylic acids is 3. The molecular weight excluding hydrogens is 360 g/mol. The number of carbonyl (C=O) groups is 3. The van der Waals surface area contributed by atoms with E-state index in [0.29, 0.717) is 18.0 Å². The van der Waals surface area contributed by atoms with Gasteiger partial charge in [0.1, 0.15) is 6.04 Å². The van der Waals surface area contributed by atoms with Crippen molar-refractivity contribution in [2.24, 2.45) is 0 Å². The van der Waals surface area contributed by atoms with Gasteiger partial charge in [-0.25, -0.2) is 0 Å². The predicted molar refractivity (Wildman–Crippen MR) is 98.8 cm³/mol. The highest BCUT2D eigenvalue weighted by molar-refractivity contribution is 5.99. The fraction of sp³-hybridized carbons (Fsp3) is 0.476. The normalized spacial score (nSPS) is 29.9. The molecule has 28 heavy (non-hydrogen) atoms. The van der Waals surface area contributed by atoms with Gasteiger partial charge in [-0.15, -0.1) is 0 Å². The van der Waals surface area contributed by atoms with E-state index in [4.69, 9.17) is 9.47 Å². The van der Waals surface area contributed by atoms with Gasteiger partial charge in [0.2, 0.25) is 18.6 Å². The van der Waals surface area contributed by atoms with E-state index in [-0.39, 0.29) is 42.9 Å². The molecule has 7 nitrogen and oxygen atoms in total. The van der Waals surface area contributed by atoms with E-state index in [1.54, 1.807) is 15.9 Å². The number of hydrogen-bond acceptors (Lipinski definition) is 5. The number of ether oxygens (including phenoxy) is 2. The summed E-state index contributed by atoms with van der Waals surface area (Å²) >= 11 is 0. The molecule has 1 saturated heterocycles. The van der Waals surface area contributed by atoms with E-state index in [1.165, 1.54) is 6.92 Å². The lowest BCUT2D eigenvalue weighted by Gasteiger charge is -2.47. The summed E-state index contributed by atoms with van der Waals surface area (Å²) in [6, 6.07) is 2.78. The highest BCUT2D eigenvalue weighted by atomic mass is 16.7. The van der Waals surface area contributed by atoms with Crippen molar-refractivity contribution in [3.8, 4) is 11.5 Å². The number of nitrogens with zero attached hydrogens (tertiary/aromatic N) is 2. The number of rotatable bonds is 1. The third-order valence-corrected chi connectivity index (χ3v) is 6.45. The number of ketones is 1. The average molecular weight is 382 g/mol. The van der Waals surface area contributed by atoms with E-state index in [0.717, 1.165) is 11.1 Å². The molecule has 0 radical (unpaired) electrons. The molecule has 0 unspecified atom stereocenters. The summed E-state index contributed by atoms with van der Waals surface area (Å²) in [4.78, 5) is 41.8. The van der Waals surface area contributed by atoms with E-state index in [9.17, 15) is 14.4 Å². The molecule has 1 aromatic carbocycles. The second-order valence-electron chi connectivity index (χ2n) is 8.20. The van der Waals surface area contributed by atoms with Gasteiger partial charge in [0.25, 0.3) is 0 Å². The molecule has 4 aliphatic rings. The van der Waals surface area contributed by atoms with Crippen molar-refractivity contribution in [3.63, 3.8) is 0 Å². The fourth-order valence-corrected chi connectivity index (χ4v) is 5.38. The second kappa shape index (κ2) is 5.59. The van der Waals surface area contributed by atoms with Crippen LogP contribution in [0.2, 0.25) is 0 Å². The van der Waals surface area contributed by atoms with Crippen LogP contribution < -0.4 is 9.47 Å². The molecule has 0 N–H and O–H groups in total. The van der Waals surface area contributed by atoms with Crippen molar-refractivity contribution in [1.29, 1.82) is 0 Å². The molecule has 3 heterocycles.